The monoisotopic (exact) mass is 222 g/mol. The molecule has 4 heteroatoms. The van der Waals surface area contributed by atoms with E-state index in [-0.39, 0.29) is 5.75 Å². The SMILES string of the molecule is C=CCNC(=S)Nc1cc(C)ccc1O. The number of aromatic hydroxyl groups is 1. The number of hydrogen-bond donors (Lipinski definition) is 3. The van der Waals surface area contributed by atoms with Crippen molar-refractivity contribution in [2.24, 2.45) is 0 Å². The van der Waals surface area contributed by atoms with Crippen LogP contribution in [0.3, 0.4) is 0 Å². The first-order valence-corrected chi connectivity index (χ1v) is 4.99. The fraction of sp³-hybridized carbons (Fsp3) is 0.182. The Balaban J connectivity index is 2.67. The first-order valence-electron chi connectivity index (χ1n) is 4.59. The minimum Gasteiger partial charge on any atom is -0.506 e. The summed E-state index contributed by atoms with van der Waals surface area (Å²) in [6, 6.07) is 5.30. The van der Waals surface area contributed by atoms with Crippen molar-refractivity contribution in [2.75, 3.05) is 11.9 Å². The van der Waals surface area contributed by atoms with Gasteiger partial charge in [-0.15, -0.1) is 6.58 Å². The second-order valence-corrected chi connectivity index (χ2v) is 3.55. The maximum atomic E-state index is 9.54. The number of anilines is 1. The minimum absolute atomic E-state index is 0.184. The fourth-order valence-corrected chi connectivity index (χ4v) is 1.27. The molecule has 0 radical (unpaired) electrons. The van der Waals surface area contributed by atoms with Crippen molar-refractivity contribution in [3.63, 3.8) is 0 Å². The number of aryl methyl sites for hydroxylation is 1. The summed E-state index contributed by atoms with van der Waals surface area (Å²) in [6.07, 6.45) is 1.71. The van der Waals surface area contributed by atoms with Crippen LogP contribution >= 0.6 is 12.2 Å². The molecule has 0 bridgehead atoms. The van der Waals surface area contributed by atoms with E-state index < -0.39 is 0 Å². The molecule has 1 aromatic rings. The van der Waals surface area contributed by atoms with Crippen LogP contribution < -0.4 is 10.6 Å². The van der Waals surface area contributed by atoms with Crippen LogP contribution in [0.25, 0.3) is 0 Å². The fourth-order valence-electron chi connectivity index (χ4n) is 1.08. The Bertz CT molecular complexity index is 377. The van der Waals surface area contributed by atoms with Crippen LogP contribution in [0.4, 0.5) is 5.69 Å². The second-order valence-electron chi connectivity index (χ2n) is 3.14. The predicted octanol–water partition coefficient (Wildman–Crippen LogP) is 2.17. The quantitative estimate of drug-likeness (QED) is 0.416. The van der Waals surface area contributed by atoms with E-state index in [4.69, 9.17) is 12.2 Å². The third kappa shape index (κ3) is 3.59. The Morgan fingerprint density at radius 3 is 3.00 bits per heavy atom. The highest BCUT2D eigenvalue weighted by molar-refractivity contribution is 7.80. The van der Waals surface area contributed by atoms with Crippen molar-refractivity contribution < 1.29 is 5.11 Å². The highest BCUT2D eigenvalue weighted by Gasteiger charge is 2.02. The van der Waals surface area contributed by atoms with Gasteiger partial charge in [0.1, 0.15) is 5.75 Å². The first kappa shape index (κ1) is 11.5. The molecule has 0 saturated heterocycles. The number of rotatable bonds is 3. The smallest absolute Gasteiger partial charge is 0.171 e. The molecule has 0 fully saturated rings. The molecule has 0 heterocycles. The Hall–Kier alpha value is -1.55. The lowest BCUT2D eigenvalue weighted by Gasteiger charge is -2.10. The molecule has 0 amide bonds. The van der Waals surface area contributed by atoms with Crippen LogP contribution in [0.15, 0.2) is 30.9 Å². The molecule has 0 aliphatic carbocycles. The number of thiocarbonyl (C=S) groups is 1. The van der Waals surface area contributed by atoms with Crippen LogP contribution in [0.5, 0.6) is 5.75 Å². The summed E-state index contributed by atoms with van der Waals surface area (Å²) in [6.45, 7) is 6.12. The molecule has 0 saturated carbocycles. The van der Waals surface area contributed by atoms with Gasteiger partial charge in [0.15, 0.2) is 5.11 Å². The zero-order valence-electron chi connectivity index (χ0n) is 8.58. The van der Waals surface area contributed by atoms with Crippen LogP contribution in [-0.4, -0.2) is 16.8 Å². The molecule has 3 N–H and O–H groups in total. The van der Waals surface area contributed by atoms with Crippen molar-refractivity contribution in [1.29, 1.82) is 0 Å². The number of phenolic OH excluding ortho intramolecular Hbond substituents is 1. The molecule has 0 aliphatic heterocycles. The first-order chi connectivity index (χ1) is 7.13. The van der Waals surface area contributed by atoms with Crippen molar-refractivity contribution in [1.82, 2.24) is 5.32 Å². The van der Waals surface area contributed by atoms with E-state index in [1.54, 1.807) is 12.1 Å². The molecule has 15 heavy (non-hydrogen) atoms. The molecule has 0 unspecified atom stereocenters. The molecule has 0 aliphatic rings. The molecule has 0 spiro atoms. The summed E-state index contributed by atoms with van der Waals surface area (Å²) in [5, 5.41) is 15.8. The highest BCUT2D eigenvalue weighted by atomic mass is 32.1. The van der Waals surface area contributed by atoms with Crippen molar-refractivity contribution in [3.8, 4) is 5.75 Å². The Labute approximate surface area is 94.8 Å². The molecule has 0 aromatic heterocycles. The lowest BCUT2D eigenvalue weighted by atomic mass is 10.2. The molecule has 1 rings (SSSR count). The van der Waals surface area contributed by atoms with Crippen molar-refractivity contribution in [3.05, 3.63) is 36.4 Å². The highest BCUT2D eigenvalue weighted by Crippen LogP contribution is 2.23. The normalized spacial score (nSPS) is 9.40. The molecule has 80 valence electrons. The summed E-state index contributed by atoms with van der Waals surface area (Å²) in [7, 11) is 0. The third-order valence-electron chi connectivity index (χ3n) is 1.81. The van der Waals surface area contributed by atoms with Crippen LogP contribution in [-0.2, 0) is 0 Å². The van der Waals surface area contributed by atoms with Crippen LogP contribution in [0.1, 0.15) is 5.56 Å². The van der Waals surface area contributed by atoms with E-state index in [1.807, 2.05) is 19.1 Å². The number of phenols is 1. The van der Waals surface area contributed by atoms with Gasteiger partial charge in [0, 0.05) is 6.54 Å². The second kappa shape index (κ2) is 5.36. The number of hydrogen-bond acceptors (Lipinski definition) is 2. The lowest BCUT2D eigenvalue weighted by molar-refractivity contribution is 0.477. The maximum Gasteiger partial charge on any atom is 0.171 e. The van der Waals surface area contributed by atoms with Gasteiger partial charge in [0.25, 0.3) is 0 Å². The van der Waals surface area contributed by atoms with E-state index in [0.717, 1.165) is 5.56 Å². The summed E-state index contributed by atoms with van der Waals surface area (Å²) in [4.78, 5) is 0. The van der Waals surface area contributed by atoms with Crippen LogP contribution in [0.2, 0.25) is 0 Å². The standard InChI is InChI=1S/C11H14N2OS/c1-3-6-12-11(15)13-9-7-8(2)4-5-10(9)14/h3-5,7,14H,1,6H2,2H3,(H2,12,13,15). The molecular formula is C11H14N2OS. The van der Waals surface area contributed by atoms with Gasteiger partial charge < -0.3 is 15.7 Å². The Morgan fingerprint density at radius 2 is 2.33 bits per heavy atom. The van der Waals surface area contributed by atoms with Gasteiger partial charge in [-0.05, 0) is 36.8 Å². The van der Waals surface area contributed by atoms with E-state index >= 15 is 0 Å². The van der Waals surface area contributed by atoms with Gasteiger partial charge in [0.05, 0.1) is 5.69 Å². The summed E-state index contributed by atoms with van der Waals surface area (Å²) < 4.78 is 0. The van der Waals surface area contributed by atoms with E-state index in [0.29, 0.717) is 17.3 Å². The van der Waals surface area contributed by atoms with Gasteiger partial charge >= 0.3 is 0 Å². The van der Waals surface area contributed by atoms with E-state index in [9.17, 15) is 5.11 Å². The van der Waals surface area contributed by atoms with Gasteiger partial charge in [-0.3, -0.25) is 0 Å². The Kier molecular flexibility index (Phi) is 4.12. The summed E-state index contributed by atoms with van der Waals surface area (Å²) in [5.41, 5.74) is 1.67. The van der Waals surface area contributed by atoms with Crippen LogP contribution in [0, 0.1) is 6.92 Å². The minimum atomic E-state index is 0.184. The topological polar surface area (TPSA) is 44.3 Å². The lowest BCUT2D eigenvalue weighted by Crippen LogP contribution is -2.28. The number of nitrogens with one attached hydrogen (secondary N) is 2. The Morgan fingerprint density at radius 1 is 1.60 bits per heavy atom. The largest absolute Gasteiger partial charge is 0.506 e. The zero-order chi connectivity index (χ0) is 11.3. The zero-order valence-corrected chi connectivity index (χ0v) is 9.40. The van der Waals surface area contributed by atoms with E-state index in [2.05, 4.69) is 17.2 Å². The van der Waals surface area contributed by atoms with Gasteiger partial charge in [-0.1, -0.05) is 12.1 Å². The van der Waals surface area contributed by atoms with Crippen molar-refractivity contribution >= 4 is 23.0 Å². The van der Waals surface area contributed by atoms with Gasteiger partial charge in [-0.25, -0.2) is 0 Å². The molecular weight excluding hydrogens is 208 g/mol. The maximum absolute atomic E-state index is 9.54. The molecule has 3 nitrogen and oxygen atoms in total. The third-order valence-corrected chi connectivity index (χ3v) is 2.05. The van der Waals surface area contributed by atoms with E-state index in [1.165, 1.54) is 0 Å². The predicted molar refractivity (Wildman–Crippen MR) is 67.3 cm³/mol. The summed E-state index contributed by atoms with van der Waals surface area (Å²) in [5.74, 6) is 0.184. The van der Waals surface area contributed by atoms with Gasteiger partial charge in [-0.2, -0.15) is 0 Å². The summed E-state index contributed by atoms with van der Waals surface area (Å²) >= 11 is 5.02. The average Bonchev–Trinajstić information content (AvgIpc) is 2.20. The molecule has 0 atom stereocenters. The number of benzene rings is 1. The average molecular weight is 222 g/mol. The van der Waals surface area contributed by atoms with Crippen molar-refractivity contribution in [2.45, 2.75) is 6.92 Å². The van der Waals surface area contributed by atoms with Gasteiger partial charge in [0.2, 0.25) is 0 Å². The molecule has 1 aromatic carbocycles.